The van der Waals surface area contributed by atoms with Crippen molar-refractivity contribution in [3.8, 4) is 0 Å². The van der Waals surface area contributed by atoms with Crippen molar-refractivity contribution in [2.75, 3.05) is 0 Å². The summed E-state index contributed by atoms with van der Waals surface area (Å²) in [5.74, 6) is 0.202. The van der Waals surface area contributed by atoms with Crippen LogP contribution in [-0.4, -0.2) is 17.3 Å². The van der Waals surface area contributed by atoms with Crippen molar-refractivity contribution in [3.63, 3.8) is 0 Å². The molecule has 0 aromatic heterocycles. The maximum atomic E-state index is 11.7. The molecule has 0 atom stereocenters. The van der Waals surface area contributed by atoms with Gasteiger partial charge in [-0.15, -0.1) is 0 Å². The predicted octanol–water partition coefficient (Wildman–Crippen LogP) is 15.2. The van der Waals surface area contributed by atoms with Gasteiger partial charge >= 0.3 is 33.0 Å². The van der Waals surface area contributed by atoms with Crippen molar-refractivity contribution in [1.29, 1.82) is 0 Å². The minimum absolute atomic E-state index is 0.0674. The Balaban J connectivity index is 0.000000784. The number of hydrogen-bond donors (Lipinski definition) is 0. The quantitative estimate of drug-likeness (QED) is 0.0529. The number of ketones is 3. The summed E-state index contributed by atoms with van der Waals surface area (Å²) < 4.78 is 59.2. The molecular formula is C42H33F6O3PS4. The van der Waals surface area contributed by atoms with Crippen molar-refractivity contribution in [1.82, 2.24) is 0 Å². The molecule has 6 aromatic carbocycles. The third-order valence-electron chi connectivity index (χ3n) is 7.67. The molecule has 14 heteroatoms. The first-order valence-electron chi connectivity index (χ1n) is 16.6. The van der Waals surface area contributed by atoms with E-state index >= 15 is 0 Å². The maximum absolute atomic E-state index is 11.7. The molecule has 6 rings (SSSR count). The molecule has 290 valence electrons. The van der Waals surface area contributed by atoms with Gasteiger partial charge in [0.2, 0.25) is 0 Å². The van der Waals surface area contributed by atoms with E-state index in [0.717, 1.165) is 29.4 Å². The Morgan fingerprint density at radius 1 is 0.357 bits per heavy atom. The monoisotopic (exact) mass is 858 g/mol. The number of halogens is 6. The van der Waals surface area contributed by atoms with Crippen LogP contribution < -0.4 is 0 Å². The molecule has 0 aliphatic carbocycles. The minimum atomic E-state index is -10.7. The zero-order chi connectivity index (χ0) is 40.7. The van der Waals surface area contributed by atoms with Crippen molar-refractivity contribution < 1.29 is 39.6 Å². The number of rotatable bonds is 12. The summed E-state index contributed by atoms with van der Waals surface area (Å²) in [6.07, 6.45) is 0. The number of carbonyl (C=O) groups excluding carboxylic acids is 3. The summed E-state index contributed by atoms with van der Waals surface area (Å²) in [4.78, 5) is 45.4. The van der Waals surface area contributed by atoms with Crippen molar-refractivity contribution in [3.05, 3.63) is 162 Å². The van der Waals surface area contributed by atoms with E-state index in [1.165, 1.54) is 14.7 Å². The van der Waals surface area contributed by atoms with E-state index in [2.05, 4.69) is 72.8 Å². The van der Waals surface area contributed by atoms with Crippen LogP contribution in [0, 0.1) is 0 Å². The van der Waals surface area contributed by atoms with Gasteiger partial charge in [0.1, 0.15) is 0 Å². The Labute approximate surface area is 336 Å². The normalized spacial score (nSPS) is 12.5. The number of hydrogen-bond acceptors (Lipinski definition) is 6. The van der Waals surface area contributed by atoms with Gasteiger partial charge in [0.25, 0.3) is 0 Å². The van der Waals surface area contributed by atoms with Gasteiger partial charge in [-0.05, 0) is 130 Å². The van der Waals surface area contributed by atoms with Gasteiger partial charge in [-0.25, -0.2) is 0 Å². The van der Waals surface area contributed by atoms with E-state index in [0.29, 0.717) is 16.7 Å². The summed E-state index contributed by atoms with van der Waals surface area (Å²) >= 11 is 5.04. The number of benzene rings is 6. The van der Waals surface area contributed by atoms with Gasteiger partial charge in [-0.2, -0.15) is 0 Å². The van der Waals surface area contributed by atoms with E-state index in [1.807, 2.05) is 72.8 Å². The summed E-state index contributed by atoms with van der Waals surface area (Å²) in [6, 6.07) is 49.5. The van der Waals surface area contributed by atoms with Crippen LogP contribution in [0.5, 0.6) is 0 Å². The van der Waals surface area contributed by atoms with E-state index in [1.54, 1.807) is 56.1 Å². The van der Waals surface area contributed by atoms with E-state index in [9.17, 15) is 39.6 Å². The van der Waals surface area contributed by atoms with E-state index < -0.39 is 7.81 Å². The first kappa shape index (κ1) is 42.9. The molecule has 6 aromatic rings. The second kappa shape index (κ2) is 17.1. The summed E-state index contributed by atoms with van der Waals surface area (Å²) in [6.45, 7) is 4.75. The summed E-state index contributed by atoms with van der Waals surface area (Å²) in [5.41, 5.74) is 2.15. The molecular weight excluding hydrogens is 826 g/mol. The molecule has 0 aliphatic heterocycles. The van der Waals surface area contributed by atoms with E-state index in [4.69, 9.17) is 0 Å². The molecule has 0 saturated heterocycles. The molecule has 0 spiro atoms. The summed E-state index contributed by atoms with van der Waals surface area (Å²) in [5, 5.41) is 0. The predicted molar refractivity (Wildman–Crippen MR) is 217 cm³/mol. The van der Waals surface area contributed by atoms with Gasteiger partial charge in [-0.1, -0.05) is 71.7 Å². The van der Waals surface area contributed by atoms with Crippen LogP contribution in [0.15, 0.2) is 190 Å². The van der Waals surface area contributed by atoms with Gasteiger partial charge < -0.3 is 0 Å². The second-order valence-corrected chi connectivity index (χ2v) is 19.6. The number of carbonyl (C=O) groups is 3. The summed E-state index contributed by atoms with van der Waals surface area (Å²) in [7, 11) is -11.0. The molecule has 3 nitrogen and oxygen atoms in total. The SMILES string of the molecule is CC(=O)c1ccc(Sc2ccc([S+](c3ccc(Sc4ccc(C(C)=O)cc4)cc3)c3ccc(Sc4ccc(C(C)=O)cc4)cc3)cc2)cc1.F[P-](F)(F)(F)(F)F. The molecule has 0 bridgehead atoms. The molecule has 0 unspecified atom stereocenters. The Morgan fingerprint density at radius 3 is 0.679 bits per heavy atom. The van der Waals surface area contributed by atoms with Crippen molar-refractivity contribution in [2.24, 2.45) is 0 Å². The average molecular weight is 859 g/mol. The Kier molecular flexibility index (Phi) is 13.1. The van der Waals surface area contributed by atoms with Gasteiger partial charge in [-0.3, -0.25) is 14.4 Å². The van der Waals surface area contributed by atoms with Crippen molar-refractivity contribution >= 4 is 71.3 Å². The second-order valence-electron chi connectivity index (χ2n) is 12.2. The van der Waals surface area contributed by atoms with Gasteiger partial charge in [0.05, 0.1) is 10.9 Å². The zero-order valence-electron chi connectivity index (χ0n) is 29.9. The molecule has 0 N–H and O–H groups in total. The third-order valence-corrected chi connectivity index (χ3v) is 12.9. The Bertz CT molecular complexity index is 2070. The molecule has 0 fully saturated rings. The fourth-order valence-corrected chi connectivity index (χ4v) is 9.51. The molecule has 0 radical (unpaired) electrons. The van der Waals surface area contributed by atoms with Crippen LogP contribution in [0.3, 0.4) is 0 Å². The van der Waals surface area contributed by atoms with Crippen LogP contribution in [0.4, 0.5) is 25.2 Å². The topological polar surface area (TPSA) is 51.2 Å². The van der Waals surface area contributed by atoms with Crippen LogP contribution >= 0.6 is 43.1 Å². The molecule has 0 saturated carbocycles. The average Bonchev–Trinajstić information content (AvgIpc) is 3.13. The molecule has 0 amide bonds. The van der Waals surface area contributed by atoms with Crippen LogP contribution in [0.1, 0.15) is 51.8 Å². The fourth-order valence-electron chi connectivity index (χ4n) is 5.02. The molecule has 0 heterocycles. The fraction of sp³-hybridized carbons (Fsp3) is 0.0714. The molecule has 56 heavy (non-hydrogen) atoms. The van der Waals surface area contributed by atoms with Gasteiger partial charge in [0, 0.05) is 46.1 Å². The first-order chi connectivity index (χ1) is 26.2. The van der Waals surface area contributed by atoms with Crippen LogP contribution in [-0.2, 0) is 10.9 Å². The van der Waals surface area contributed by atoms with Gasteiger partial charge in [0.15, 0.2) is 32.0 Å². The Hall–Kier alpha value is -4.26. The van der Waals surface area contributed by atoms with E-state index in [-0.39, 0.29) is 28.2 Å². The van der Waals surface area contributed by atoms with Crippen LogP contribution in [0.2, 0.25) is 0 Å². The molecule has 0 aliphatic rings. The Morgan fingerprint density at radius 2 is 0.518 bits per heavy atom. The third kappa shape index (κ3) is 14.0. The first-order valence-corrected chi connectivity index (χ1v) is 22.3. The number of Topliss-reactive ketones (excluding diaryl/α,β-unsaturated/α-hetero) is 3. The van der Waals surface area contributed by atoms with Crippen molar-refractivity contribution in [2.45, 2.75) is 64.8 Å². The standard InChI is InChI=1S/C42H33O3S4.F6P/c1-28(43)31-4-10-34(11-5-31)46-37-16-22-40(23-17-37)49(41-24-18-38(19-25-41)47-35-12-6-32(7-13-35)29(2)44)42-26-20-39(21-27-42)48-36-14-8-33(9-15-36)30(3)45;1-7(2,3,4,5)6/h4-27H,1-3H3;/q+1;-1. The zero-order valence-corrected chi connectivity index (χ0v) is 34.1. The van der Waals surface area contributed by atoms with Crippen LogP contribution in [0.25, 0.3) is 0 Å².